The number of rotatable bonds is 7. The van der Waals surface area contributed by atoms with Crippen LogP contribution in [0.2, 0.25) is 0 Å². The summed E-state index contributed by atoms with van der Waals surface area (Å²) in [5.74, 6) is 0.104. The molecule has 0 saturated carbocycles. The molecule has 196 valence electrons. The molecule has 2 N–H and O–H groups in total. The van der Waals surface area contributed by atoms with Gasteiger partial charge in [0.15, 0.2) is 0 Å². The van der Waals surface area contributed by atoms with Gasteiger partial charge in [0.25, 0.3) is 5.91 Å². The zero-order chi connectivity index (χ0) is 26.7. The third-order valence-corrected chi connectivity index (χ3v) is 6.63. The van der Waals surface area contributed by atoms with Gasteiger partial charge in [0, 0.05) is 42.8 Å². The Hall–Kier alpha value is -4.11. The highest BCUT2D eigenvalue weighted by Gasteiger charge is 2.22. The molecular formula is C29H32N6O3. The zero-order valence-corrected chi connectivity index (χ0v) is 21.7. The molecule has 9 nitrogen and oxygen atoms in total. The van der Waals surface area contributed by atoms with Gasteiger partial charge in [-0.05, 0) is 75.1 Å². The SMILES string of the molecule is CC(C)(O)Cn1c(NC(=O)c2ccnc(-c3cccnc3)c2)nc2cc(CC(=O)N3CCCCC3)ccc21. The predicted molar refractivity (Wildman–Crippen MR) is 146 cm³/mol. The first-order chi connectivity index (χ1) is 18.3. The Kier molecular flexibility index (Phi) is 7.20. The third kappa shape index (κ3) is 5.89. The number of anilines is 1. The van der Waals surface area contributed by atoms with E-state index in [0.717, 1.165) is 42.6 Å². The van der Waals surface area contributed by atoms with Gasteiger partial charge in [-0.2, -0.15) is 0 Å². The summed E-state index contributed by atoms with van der Waals surface area (Å²) in [5, 5.41) is 13.5. The number of pyridine rings is 2. The number of amides is 2. The predicted octanol–water partition coefficient (Wildman–Crippen LogP) is 4.07. The van der Waals surface area contributed by atoms with E-state index >= 15 is 0 Å². The van der Waals surface area contributed by atoms with Crippen molar-refractivity contribution in [3.63, 3.8) is 0 Å². The Bertz CT molecular complexity index is 1450. The molecule has 0 spiro atoms. The first kappa shape index (κ1) is 25.5. The number of nitrogens with zero attached hydrogens (tertiary/aromatic N) is 5. The highest BCUT2D eigenvalue weighted by Crippen LogP contribution is 2.25. The van der Waals surface area contributed by atoms with Crippen molar-refractivity contribution in [2.45, 2.75) is 51.7 Å². The monoisotopic (exact) mass is 512 g/mol. The summed E-state index contributed by atoms with van der Waals surface area (Å²) in [6.45, 7) is 5.27. The van der Waals surface area contributed by atoms with E-state index in [1.807, 2.05) is 35.2 Å². The van der Waals surface area contributed by atoms with Crippen LogP contribution in [0.4, 0.5) is 5.95 Å². The minimum atomic E-state index is -1.04. The molecule has 1 saturated heterocycles. The number of likely N-dealkylation sites (tertiary alicyclic amines) is 1. The zero-order valence-electron chi connectivity index (χ0n) is 21.7. The normalized spacial score (nSPS) is 14.0. The van der Waals surface area contributed by atoms with Crippen LogP contribution in [0.5, 0.6) is 0 Å². The number of carbonyl (C=O) groups excluding carboxylic acids is 2. The molecule has 0 aliphatic carbocycles. The van der Waals surface area contributed by atoms with E-state index in [4.69, 9.17) is 4.98 Å². The maximum atomic E-state index is 13.3. The number of benzene rings is 1. The highest BCUT2D eigenvalue weighted by molar-refractivity contribution is 6.04. The van der Waals surface area contributed by atoms with Gasteiger partial charge in [-0.3, -0.25) is 24.9 Å². The van der Waals surface area contributed by atoms with Gasteiger partial charge in [0.1, 0.15) is 0 Å². The fourth-order valence-corrected chi connectivity index (χ4v) is 4.78. The van der Waals surface area contributed by atoms with Crippen LogP contribution >= 0.6 is 0 Å². The van der Waals surface area contributed by atoms with Crippen molar-refractivity contribution in [3.8, 4) is 11.3 Å². The number of carbonyl (C=O) groups is 2. The molecule has 1 fully saturated rings. The second kappa shape index (κ2) is 10.7. The topological polar surface area (TPSA) is 113 Å². The van der Waals surface area contributed by atoms with E-state index in [-0.39, 0.29) is 18.4 Å². The molecule has 0 unspecified atom stereocenters. The van der Waals surface area contributed by atoms with Crippen LogP contribution in [0.1, 0.15) is 49.0 Å². The molecule has 3 aromatic heterocycles. The summed E-state index contributed by atoms with van der Waals surface area (Å²) in [7, 11) is 0. The molecule has 0 atom stereocenters. The van der Waals surface area contributed by atoms with Gasteiger partial charge in [0.2, 0.25) is 11.9 Å². The highest BCUT2D eigenvalue weighted by atomic mass is 16.3. The molecule has 5 rings (SSSR count). The van der Waals surface area contributed by atoms with Crippen LogP contribution in [-0.2, 0) is 17.8 Å². The van der Waals surface area contributed by atoms with Crippen molar-refractivity contribution < 1.29 is 14.7 Å². The van der Waals surface area contributed by atoms with E-state index < -0.39 is 5.60 Å². The molecule has 1 aliphatic rings. The summed E-state index contributed by atoms with van der Waals surface area (Å²) in [4.78, 5) is 41.2. The lowest BCUT2D eigenvalue weighted by Crippen LogP contribution is -2.36. The lowest BCUT2D eigenvalue weighted by Gasteiger charge is -2.26. The molecule has 0 bridgehead atoms. The Morgan fingerprint density at radius 3 is 2.61 bits per heavy atom. The fourth-order valence-electron chi connectivity index (χ4n) is 4.78. The number of aliphatic hydroxyl groups is 1. The summed E-state index contributed by atoms with van der Waals surface area (Å²) >= 11 is 0. The maximum absolute atomic E-state index is 13.3. The summed E-state index contributed by atoms with van der Waals surface area (Å²) < 4.78 is 1.80. The number of aromatic nitrogens is 4. The Morgan fingerprint density at radius 2 is 1.87 bits per heavy atom. The Morgan fingerprint density at radius 1 is 1.05 bits per heavy atom. The molecule has 1 aromatic carbocycles. The van der Waals surface area contributed by atoms with Crippen molar-refractivity contribution in [3.05, 3.63) is 72.2 Å². The molecular weight excluding hydrogens is 480 g/mol. The molecule has 0 radical (unpaired) electrons. The summed E-state index contributed by atoms with van der Waals surface area (Å²) in [6, 6.07) is 12.8. The second-order valence-corrected chi connectivity index (χ2v) is 10.4. The number of nitrogens with one attached hydrogen (secondary N) is 1. The first-order valence-corrected chi connectivity index (χ1v) is 12.9. The van der Waals surface area contributed by atoms with E-state index in [2.05, 4.69) is 15.3 Å². The van der Waals surface area contributed by atoms with Crippen LogP contribution in [0, 0.1) is 0 Å². The van der Waals surface area contributed by atoms with Crippen molar-refractivity contribution in [1.82, 2.24) is 24.4 Å². The van der Waals surface area contributed by atoms with Crippen molar-refractivity contribution in [1.29, 1.82) is 0 Å². The van der Waals surface area contributed by atoms with Gasteiger partial charge >= 0.3 is 0 Å². The smallest absolute Gasteiger partial charge is 0.258 e. The van der Waals surface area contributed by atoms with Gasteiger partial charge in [-0.1, -0.05) is 6.07 Å². The van der Waals surface area contributed by atoms with E-state index in [9.17, 15) is 14.7 Å². The molecule has 4 aromatic rings. The standard InChI is InChI=1S/C29H32N6O3/c1-29(2,38)19-35-25-9-8-20(16-26(36)34-13-4-3-5-14-34)15-24(25)32-28(35)33-27(37)21-10-12-31-23(17-21)22-7-6-11-30-18-22/h6-12,15,17-18,38H,3-5,13-14,16,19H2,1-2H3,(H,32,33,37). The molecule has 9 heteroatoms. The first-order valence-electron chi connectivity index (χ1n) is 12.9. The molecule has 1 aliphatic heterocycles. The number of hydrogen-bond acceptors (Lipinski definition) is 6. The number of hydrogen-bond donors (Lipinski definition) is 2. The minimum Gasteiger partial charge on any atom is -0.389 e. The van der Waals surface area contributed by atoms with Crippen LogP contribution in [-0.4, -0.2) is 60.0 Å². The average Bonchev–Trinajstić information content (AvgIpc) is 3.24. The van der Waals surface area contributed by atoms with Crippen LogP contribution in [0.15, 0.2) is 61.1 Å². The van der Waals surface area contributed by atoms with Crippen molar-refractivity contribution in [2.75, 3.05) is 18.4 Å². The van der Waals surface area contributed by atoms with Gasteiger partial charge in [0.05, 0.1) is 35.3 Å². The van der Waals surface area contributed by atoms with Crippen LogP contribution in [0.3, 0.4) is 0 Å². The summed E-state index contributed by atoms with van der Waals surface area (Å²) in [6.07, 6.45) is 8.55. The molecule has 38 heavy (non-hydrogen) atoms. The molecule has 4 heterocycles. The quantitative estimate of drug-likeness (QED) is 0.386. The number of piperidine rings is 1. The Balaban J connectivity index is 1.42. The van der Waals surface area contributed by atoms with Crippen molar-refractivity contribution >= 4 is 28.8 Å². The Labute approximate surface area is 221 Å². The lowest BCUT2D eigenvalue weighted by molar-refractivity contribution is -0.131. The van der Waals surface area contributed by atoms with E-state index in [0.29, 0.717) is 29.1 Å². The van der Waals surface area contributed by atoms with Gasteiger partial charge in [-0.15, -0.1) is 0 Å². The van der Waals surface area contributed by atoms with E-state index in [1.54, 1.807) is 49.1 Å². The van der Waals surface area contributed by atoms with Gasteiger partial charge in [-0.25, -0.2) is 4.98 Å². The third-order valence-electron chi connectivity index (χ3n) is 6.63. The lowest BCUT2D eigenvalue weighted by atomic mass is 10.1. The van der Waals surface area contributed by atoms with E-state index in [1.165, 1.54) is 6.42 Å². The van der Waals surface area contributed by atoms with Crippen LogP contribution in [0.25, 0.3) is 22.3 Å². The minimum absolute atomic E-state index is 0.121. The second-order valence-electron chi connectivity index (χ2n) is 10.4. The fraction of sp³-hybridized carbons (Fsp3) is 0.345. The number of fused-ring (bicyclic) bond motifs is 1. The summed E-state index contributed by atoms with van der Waals surface area (Å²) in [5.41, 5.74) is 3.12. The maximum Gasteiger partial charge on any atom is 0.258 e. The largest absolute Gasteiger partial charge is 0.389 e. The number of imidazole rings is 1. The van der Waals surface area contributed by atoms with Crippen molar-refractivity contribution in [2.24, 2.45) is 0 Å². The van der Waals surface area contributed by atoms with Crippen LogP contribution < -0.4 is 5.32 Å². The molecule has 2 amide bonds. The van der Waals surface area contributed by atoms with Gasteiger partial charge < -0.3 is 14.6 Å². The average molecular weight is 513 g/mol.